The largest absolute Gasteiger partial charge is 0.464 e. The number of nitrogens with zero attached hydrogens (tertiary/aromatic N) is 3. The van der Waals surface area contributed by atoms with Crippen LogP contribution in [0.2, 0.25) is 0 Å². The normalized spacial score (nSPS) is 21.3. The molecule has 5 rings (SSSR count). The number of azo groups is 1. The van der Waals surface area contributed by atoms with Gasteiger partial charge in [-0.25, -0.2) is 0 Å². The Kier molecular flexibility index (Phi) is 8.53. The lowest BCUT2D eigenvalue weighted by Crippen LogP contribution is -2.47. The van der Waals surface area contributed by atoms with Crippen molar-refractivity contribution in [1.82, 2.24) is 9.88 Å². The van der Waals surface area contributed by atoms with E-state index in [0.717, 1.165) is 40.3 Å². The molecule has 2 fully saturated rings. The third kappa shape index (κ3) is 6.19. The van der Waals surface area contributed by atoms with Crippen molar-refractivity contribution in [3.05, 3.63) is 52.2 Å². The lowest BCUT2D eigenvalue weighted by atomic mass is 9.80. The van der Waals surface area contributed by atoms with Gasteiger partial charge < -0.3 is 14.6 Å². The van der Waals surface area contributed by atoms with E-state index in [2.05, 4.69) is 85.9 Å². The van der Waals surface area contributed by atoms with Gasteiger partial charge in [0.15, 0.2) is 0 Å². The SMILES string of the molecule is Cc1c(C(=O)NC2CC(OC=O)C2)cc(-c2ccc(C3=C(C(C)C)CN=N3)c(C(C)(C)C)c2)n1CC1CCCCC1. The Morgan fingerprint density at radius 1 is 1.15 bits per heavy atom. The molecule has 7 heteroatoms. The second kappa shape index (κ2) is 11.9. The van der Waals surface area contributed by atoms with Crippen molar-refractivity contribution in [2.75, 3.05) is 6.54 Å². The Bertz CT molecular complexity index is 1350. The molecule has 1 amide bonds. The van der Waals surface area contributed by atoms with Crippen molar-refractivity contribution in [2.45, 2.75) is 111 Å². The number of rotatable bonds is 9. The molecule has 0 bridgehead atoms. The number of hydrogen-bond acceptors (Lipinski definition) is 5. The van der Waals surface area contributed by atoms with Gasteiger partial charge in [-0.05, 0) is 65.8 Å². The average molecular weight is 559 g/mol. The van der Waals surface area contributed by atoms with Crippen LogP contribution in [0.5, 0.6) is 0 Å². The summed E-state index contributed by atoms with van der Waals surface area (Å²) in [5, 5.41) is 12.2. The van der Waals surface area contributed by atoms with Crippen molar-refractivity contribution in [2.24, 2.45) is 22.1 Å². The average Bonchev–Trinajstić information content (AvgIpc) is 3.53. The Hall–Kier alpha value is -3.22. The van der Waals surface area contributed by atoms with Crippen molar-refractivity contribution in [3.63, 3.8) is 0 Å². The van der Waals surface area contributed by atoms with E-state index >= 15 is 0 Å². The maximum Gasteiger partial charge on any atom is 0.293 e. The Balaban J connectivity index is 1.53. The highest BCUT2D eigenvalue weighted by molar-refractivity contribution is 5.97. The molecule has 0 unspecified atom stereocenters. The zero-order valence-corrected chi connectivity index (χ0v) is 25.6. The Morgan fingerprint density at radius 3 is 2.54 bits per heavy atom. The van der Waals surface area contributed by atoms with Crippen LogP contribution in [-0.2, 0) is 21.5 Å². The van der Waals surface area contributed by atoms with Gasteiger partial charge in [0.2, 0.25) is 0 Å². The molecule has 0 atom stereocenters. The number of nitrogens with one attached hydrogen (secondary N) is 1. The summed E-state index contributed by atoms with van der Waals surface area (Å²) in [7, 11) is 0. The molecule has 2 aliphatic carbocycles. The monoisotopic (exact) mass is 558 g/mol. The minimum absolute atomic E-state index is 0.0350. The summed E-state index contributed by atoms with van der Waals surface area (Å²) in [6.07, 6.45) is 7.60. The van der Waals surface area contributed by atoms with E-state index in [4.69, 9.17) is 4.74 Å². The summed E-state index contributed by atoms with van der Waals surface area (Å²) in [5.74, 6) is 0.961. The standard InChI is InChI=1S/C34H46N4O3/c1-21(2)29-18-35-37-32(29)27-13-12-24(14-30(27)34(4,5)6)31-17-28(33(40)36-25-15-26(16-25)41-20-39)22(3)38(31)19-23-10-8-7-9-11-23/h12-14,17,20-21,23,25-26H,7-11,15-16,18-19H2,1-6H3,(H,36,40). The predicted octanol–water partition coefficient (Wildman–Crippen LogP) is 7.61. The molecule has 7 nitrogen and oxygen atoms in total. The number of benzene rings is 1. The number of carbonyl (C=O) groups excluding carboxylic acids is 2. The number of carbonyl (C=O) groups is 2. The van der Waals surface area contributed by atoms with Gasteiger partial charge in [-0.2, -0.15) is 10.2 Å². The van der Waals surface area contributed by atoms with Gasteiger partial charge in [0.1, 0.15) is 6.10 Å². The molecule has 41 heavy (non-hydrogen) atoms. The van der Waals surface area contributed by atoms with Crippen LogP contribution < -0.4 is 5.32 Å². The fourth-order valence-electron chi connectivity index (χ4n) is 6.65. The van der Waals surface area contributed by atoms with Crippen molar-refractivity contribution in [1.29, 1.82) is 0 Å². The lowest BCUT2D eigenvalue weighted by molar-refractivity contribution is -0.138. The molecule has 0 radical (unpaired) electrons. The second-order valence-corrected chi connectivity index (χ2v) is 13.6. The molecule has 1 N–H and O–H groups in total. The first-order valence-electron chi connectivity index (χ1n) is 15.4. The molecule has 3 aliphatic rings. The molecular formula is C34H46N4O3. The van der Waals surface area contributed by atoms with Gasteiger partial charge in [-0.1, -0.05) is 66.0 Å². The van der Waals surface area contributed by atoms with Crippen molar-refractivity contribution in [3.8, 4) is 11.3 Å². The zero-order valence-electron chi connectivity index (χ0n) is 25.6. The molecule has 1 aromatic carbocycles. The van der Waals surface area contributed by atoms with Crippen LogP contribution in [0.3, 0.4) is 0 Å². The molecule has 0 saturated heterocycles. The maximum atomic E-state index is 13.5. The van der Waals surface area contributed by atoms with Crippen LogP contribution in [0.4, 0.5) is 0 Å². The predicted molar refractivity (Wildman–Crippen MR) is 163 cm³/mol. The van der Waals surface area contributed by atoms with Crippen molar-refractivity contribution < 1.29 is 14.3 Å². The molecular weight excluding hydrogens is 512 g/mol. The number of amides is 1. The summed E-state index contributed by atoms with van der Waals surface area (Å²) in [5.41, 5.74) is 8.57. The molecule has 220 valence electrons. The summed E-state index contributed by atoms with van der Waals surface area (Å²) < 4.78 is 7.43. The van der Waals surface area contributed by atoms with E-state index in [9.17, 15) is 9.59 Å². The minimum atomic E-state index is -0.0983. The highest BCUT2D eigenvalue weighted by Crippen LogP contribution is 2.40. The van der Waals surface area contributed by atoms with Gasteiger partial charge in [0.25, 0.3) is 12.4 Å². The highest BCUT2D eigenvalue weighted by atomic mass is 16.5. The van der Waals surface area contributed by atoms with Gasteiger partial charge >= 0.3 is 0 Å². The van der Waals surface area contributed by atoms with E-state index in [1.165, 1.54) is 43.2 Å². The zero-order chi connectivity index (χ0) is 29.3. The van der Waals surface area contributed by atoms with Crippen LogP contribution >= 0.6 is 0 Å². The summed E-state index contributed by atoms with van der Waals surface area (Å²) in [6.45, 7) is 15.4. The van der Waals surface area contributed by atoms with E-state index < -0.39 is 0 Å². The quantitative estimate of drug-likeness (QED) is 0.322. The fourth-order valence-corrected chi connectivity index (χ4v) is 6.65. The maximum absolute atomic E-state index is 13.5. The number of hydrogen-bond donors (Lipinski definition) is 1. The Labute approximate surface area is 244 Å². The number of ether oxygens (including phenoxy) is 1. The van der Waals surface area contributed by atoms with Crippen LogP contribution in [0.15, 0.2) is 40.1 Å². The van der Waals surface area contributed by atoms with E-state index in [1.807, 2.05) is 0 Å². The van der Waals surface area contributed by atoms with Crippen molar-refractivity contribution >= 4 is 18.1 Å². The van der Waals surface area contributed by atoms with Crippen LogP contribution in [0.25, 0.3) is 17.0 Å². The summed E-state index contributed by atoms with van der Waals surface area (Å²) in [4.78, 5) is 24.2. The summed E-state index contributed by atoms with van der Waals surface area (Å²) >= 11 is 0. The molecule has 2 heterocycles. The van der Waals surface area contributed by atoms with E-state index in [0.29, 0.717) is 37.7 Å². The van der Waals surface area contributed by atoms with E-state index in [-0.39, 0.29) is 23.5 Å². The first kappa shape index (κ1) is 29.3. The molecule has 1 aliphatic heterocycles. The molecule has 1 aromatic heterocycles. The minimum Gasteiger partial charge on any atom is -0.464 e. The third-order valence-electron chi connectivity index (χ3n) is 9.25. The van der Waals surface area contributed by atoms with Crippen LogP contribution in [-0.4, -0.2) is 35.6 Å². The first-order valence-corrected chi connectivity index (χ1v) is 15.4. The van der Waals surface area contributed by atoms with Gasteiger partial charge in [0, 0.05) is 42.4 Å². The van der Waals surface area contributed by atoms with Gasteiger partial charge in [-0.15, -0.1) is 0 Å². The first-order chi connectivity index (χ1) is 19.6. The molecule has 2 saturated carbocycles. The molecule has 0 spiro atoms. The smallest absolute Gasteiger partial charge is 0.293 e. The van der Waals surface area contributed by atoms with E-state index in [1.54, 1.807) is 0 Å². The second-order valence-electron chi connectivity index (χ2n) is 13.6. The summed E-state index contributed by atoms with van der Waals surface area (Å²) in [6, 6.07) is 8.85. The van der Waals surface area contributed by atoms with Gasteiger partial charge in [-0.3, -0.25) is 9.59 Å². The van der Waals surface area contributed by atoms with Gasteiger partial charge in [0.05, 0.1) is 17.8 Å². The van der Waals surface area contributed by atoms with Crippen LogP contribution in [0, 0.1) is 18.8 Å². The lowest BCUT2D eigenvalue weighted by Gasteiger charge is -2.34. The molecule has 2 aromatic rings. The highest BCUT2D eigenvalue weighted by Gasteiger charge is 2.33. The fraction of sp³-hybridized carbons (Fsp3) is 0.588. The van der Waals surface area contributed by atoms with Crippen LogP contribution in [0.1, 0.15) is 107 Å². The topological polar surface area (TPSA) is 85.0 Å². The number of aromatic nitrogens is 1. The Morgan fingerprint density at radius 2 is 1.88 bits per heavy atom. The third-order valence-corrected chi connectivity index (χ3v) is 9.25.